The van der Waals surface area contributed by atoms with Gasteiger partial charge in [0.25, 0.3) is 0 Å². The molecular formula is C21H21N3O3S. The summed E-state index contributed by atoms with van der Waals surface area (Å²) in [6, 6.07) is 19.0. The fourth-order valence-corrected chi connectivity index (χ4v) is 3.15. The number of methoxy groups -OCH3 is 2. The van der Waals surface area contributed by atoms with Gasteiger partial charge in [0.15, 0.2) is 0 Å². The predicted octanol–water partition coefficient (Wildman–Crippen LogP) is 3.57. The zero-order chi connectivity index (χ0) is 19.8. The Labute approximate surface area is 168 Å². The van der Waals surface area contributed by atoms with Crippen LogP contribution in [-0.4, -0.2) is 36.1 Å². The van der Waals surface area contributed by atoms with Crippen molar-refractivity contribution in [2.45, 2.75) is 11.6 Å². The summed E-state index contributed by atoms with van der Waals surface area (Å²) in [4.78, 5) is 12.1. The van der Waals surface area contributed by atoms with E-state index in [2.05, 4.69) is 15.5 Å². The number of hydrogen-bond acceptors (Lipinski definition) is 6. The van der Waals surface area contributed by atoms with Gasteiger partial charge in [-0.15, -0.1) is 10.2 Å². The number of rotatable bonds is 8. The molecule has 3 aromatic rings. The number of carbonyl (C=O) groups excluding carboxylic acids is 1. The van der Waals surface area contributed by atoms with Crippen LogP contribution >= 0.6 is 11.8 Å². The third-order valence-corrected chi connectivity index (χ3v) is 4.90. The summed E-state index contributed by atoms with van der Waals surface area (Å²) in [7, 11) is 3.25. The number of benzene rings is 2. The highest BCUT2D eigenvalue weighted by atomic mass is 32.2. The molecule has 1 amide bonds. The number of hydrogen-bond donors (Lipinski definition) is 1. The Morgan fingerprint density at radius 3 is 2.43 bits per heavy atom. The second-order valence-corrected chi connectivity index (χ2v) is 6.90. The van der Waals surface area contributed by atoms with Crippen molar-refractivity contribution in [2.24, 2.45) is 0 Å². The lowest BCUT2D eigenvalue weighted by Crippen LogP contribution is -2.24. The quantitative estimate of drug-likeness (QED) is 0.588. The molecule has 0 bridgehead atoms. The average Bonchev–Trinajstić information content (AvgIpc) is 2.76. The lowest BCUT2D eigenvalue weighted by Gasteiger charge is -2.07. The van der Waals surface area contributed by atoms with E-state index in [1.165, 1.54) is 11.8 Å². The molecule has 0 aliphatic rings. The Morgan fingerprint density at radius 1 is 0.964 bits per heavy atom. The molecule has 6 nitrogen and oxygen atoms in total. The lowest BCUT2D eigenvalue weighted by molar-refractivity contribution is -0.118. The highest BCUT2D eigenvalue weighted by Crippen LogP contribution is 2.23. The normalized spacial score (nSPS) is 10.4. The highest BCUT2D eigenvalue weighted by Gasteiger charge is 2.07. The minimum absolute atomic E-state index is 0.0634. The largest absolute Gasteiger partial charge is 0.497 e. The monoisotopic (exact) mass is 395 g/mol. The number of nitrogens with zero attached hydrogens (tertiary/aromatic N) is 2. The molecule has 2 aromatic carbocycles. The zero-order valence-electron chi connectivity index (χ0n) is 15.7. The van der Waals surface area contributed by atoms with Gasteiger partial charge in [-0.25, -0.2) is 0 Å². The molecule has 7 heteroatoms. The van der Waals surface area contributed by atoms with Crippen molar-refractivity contribution in [3.63, 3.8) is 0 Å². The first-order valence-corrected chi connectivity index (χ1v) is 9.67. The molecule has 3 rings (SSSR count). The lowest BCUT2D eigenvalue weighted by atomic mass is 10.1. The van der Waals surface area contributed by atoms with Gasteiger partial charge in [0.2, 0.25) is 5.91 Å². The molecule has 1 heterocycles. The van der Waals surface area contributed by atoms with E-state index < -0.39 is 0 Å². The first-order chi connectivity index (χ1) is 13.7. The van der Waals surface area contributed by atoms with Crippen LogP contribution in [-0.2, 0) is 11.3 Å². The Balaban J connectivity index is 1.50. The molecule has 0 aliphatic heterocycles. The SMILES string of the molecule is COc1cccc(CNC(=O)CSc2ccc(-c3cccc(OC)c3)nn2)c1. The van der Waals surface area contributed by atoms with Crippen molar-refractivity contribution in [1.82, 2.24) is 15.5 Å². The van der Waals surface area contributed by atoms with Crippen LogP contribution in [0.25, 0.3) is 11.3 Å². The number of ether oxygens (including phenoxy) is 2. The highest BCUT2D eigenvalue weighted by molar-refractivity contribution is 7.99. The standard InChI is InChI=1S/C21H21N3O3S/c1-26-17-7-3-5-15(11-17)13-22-20(25)14-28-21-10-9-19(23-24-21)16-6-4-8-18(12-16)27-2/h3-12H,13-14H2,1-2H3,(H,22,25). The fraction of sp³-hybridized carbons (Fsp3) is 0.190. The minimum atomic E-state index is -0.0634. The Hall–Kier alpha value is -3.06. The van der Waals surface area contributed by atoms with Crippen molar-refractivity contribution in [3.8, 4) is 22.8 Å². The number of carbonyl (C=O) groups is 1. The third-order valence-electron chi connectivity index (χ3n) is 3.98. The Morgan fingerprint density at radius 2 is 1.71 bits per heavy atom. The summed E-state index contributed by atoms with van der Waals surface area (Å²) >= 11 is 1.35. The van der Waals surface area contributed by atoms with Crippen molar-refractivity contribution >= 4 is 17.7 Å². The number of thioether (sulfide) groups is 1. The number of aromatic nitrogens is 2. The van der Waals surface area contributed by atoms with Gasteiger partial charge in [0.1, 0.15) is 16.5 Å². The van der Waals surface area contributed by atoms with Crippen molar-refractivity contribution in [1.29, 1.82) is 0 Å². The zero-order valence-corrected chi connectivity index (χ0v) is 16.5. The van der Waals surface area contributed by atoms with E-state index in [9.17, 15) is 4.79 Å². The molecule has 1 aromatic heterocycles. The Bertz CT molecular complexity index is 932. The van der Waals surface area contributed by atoms with Gasteiger partial charge in [0.05, 0.1) is 25.7 Å². The van der Waals surface area contributed by atoms with Crippen LogP contribution in [0.2, 0.25) is 0 Å². The molecule has 144 valence electrons. The van der Waals surface area contributed by atoms with E-state index in [0.29, 0.717) is 11.6 Å². The Kier molecular flexibility index (Phi) is 6.86. The van der Waals surface area contributed by atoms with Crippen LogP contribution in [0.1, 0.15) is 5.56 Å². The maximum absolute atomic E-state index is 12.1. The van der Waals surface area contributed by atoms with E-state index in [0.717, 1.165) is 28.3 Å². The second kappa shape index (κ2) is 9.75. The second-order valence-electron chi connectivity index (χ2n) is 5.91. The summed E-state index contributed by atoms with van der Waals surface area (Å²) in [6.45, 7) is 0.455. The molecule has 0 radical (unpaired) electrons. The summed E-state index contributed by atoms with van der Waals surface area (Å²) in [5, 5.41) is 12.0. The summed E-state index contributed by atoms with van der Waals surface area (Å²) in [5.41, 5.74) is 2.67. The molecule has 0 atom stereocenters. The van der Waals surface area contributed by atoms with E-state index >= 15 is 0 Å². The van der Waals surface area contributed by atoms with Gasteiger partial charge in [0, 0.05) is 12.1 Å². The number of nitrogens with one attached hydrogen (secondary N) is 1. The van der Waals surface area contributed by atoms with E-state index in [-0.39, 0.29) is 11.7 Å². The summed E-state index contributed by atoms with van der Waals surface area (Å²) in [5.74, 6) is 1.75. The smallest absolute Gasteiger partial charge is 0.230 e. The van der Waals surface area contributed by atoms with Crippen LogP contribution in [0.3, 0.4) is 0 Å². The topological polar surface area (TPSA) is 73.3 Å². The van der Waals surface area contributed by atoms with Crippen LogP contribution in [0.5, 0.6) is 11.5 Å². The van der Waals surface area contributed by atoms with Gasteiger partial charge in [-0.3, -0.25) is 4.79 Å². The summed E-state index contributed by atoms with van der Waals surface area (Å²) in [6.07, 6.45) is 0. The van der Waals surface area contributed by atoms with Gasteiger partial charge in [-0.2, -0.15) is 0 Å². The van der Waals surface area contributed by atoms with E-state index in [1.54, 1.807) is 14.2 Å². The van der Waals surface area contributed by atoms with Gasteiger partial charge < -0.3 is 14.8 Å². The molecule has 1 N–H and O–H groups in total. The van der Waals surface area contributed by atoms with E-state index in [1.807, 2.05) is 60.7 Å². The van der Waals surface area contributed by atoms with Crippen LogP contribution in [0.4, 0.5) is 0 Å². The average molecular weight is 395 g/mol. The molecule has 0 unspecified atom stereocenters. The first-order valence-electron chi connectivity index (χ1n) is 8.68. The molecule has 0 saturated carbocycles. The van der Waals surface area contributed by atoms with Crippen LogP contribution in [0.15, 0.2) is 65.7 Å². The van der Waals surface area contributed by atoms with Crippen molar-refractivity contribution < 1.29 is 14.3 Å². The van der Waals surface area contributed by atoms with Crippen molar-refractivity contribution in [3.05, 3.63) is 66.2 Å². The molecular weight excluding hydrogens is 374 g/mol. The minimum Gasteiger partial charge on any atom is -0.497 e. The fourth-order valence-electron chi connectivity index (χ4n) is 2.51. The third kappa shape index (κ3) is 5.47. The molecule has 0 saturated heterocycles. The predicted molar refractivity (Wildman–Crippen MR) is 110 cm³/mol. The van der Waals surface area contributed by atoms with Crippen LogP contribution in [0, 0.1) is 0 Å². The molecule has 0 aliphatic carbocycles. The maximum atomic E-state index is 12.1. The molecule has 0 spiro atoms. The molecule has 0 fully saturated rings. The maximum Gasteiger partial charge on any atom is 0.230 e. The van der Waals surface area contributed by atoms with Crippen molar-refractivity contribution in [2.75, 3.05) is 20.0 Å². The van der Waals surface area contributed by atoms with Crippen LogP contribution < -0.4 is 14.8 Å². The van der Waals surface area contributed by atoms with Gasteiger partial charge in [-0.05, 0) is 42.0 Å². The van der Waals surface area contributed by atoms with Gasteiger partial charge in [-0.1, -0.05) is 36.0 Å². The van der Waals surface area contributed by atoms with Gasteiger partial charge >= 0.3 is 0 Å². The molecule has 28 heavy (non-hydrogen) atoms. The van der Waals surface area contributed by atoms with E-state index in [4.69, 9.17) is 9.47 Å². The summed E-state index contributed by atoms with van der Waals surface area (Å²) < 4.78 is 10.4. The first kappa shape index (κ1) is 19.7. The number of amides is 1.